The Hall–Kier alpha value is -4.33. The van der Waals surface area contributed by atoms with Gasteiger partial charge in [0.05, 0.1) is 31.6 Å². The summed E-state index contributed by atoms with van der Waals surface area (Å²) in [6.45, 7) is 6.95. The minimum Gasteiger partial charge on any atom is -0.497 e. The fourth-order valence-electron chi connectivity index (χ4n) is 6.83. The number of nitrogens with zero attached hydrogens (tertiary/aromatic N) is 4. The van der Waals surface area contributed by atoms with Crippen LogP contribution in [0.15, 0.2) is 67.0 Å². The lowest BCUT2D eigenvalue weighted by atomic mass is 9.95. The van der Waals surface area contributed by atoms with Crippen LogP contribution in [-0.2, 0) is 17.7 Å². The van der Waals surface area contributed by atoms with Crippen molar-refractivity contribution in [3.63, 3.8) is 0 Å². The van der Waals surface area contributed by atoms with Crippen LogP contribution in [0.5, 0.6) is 5.75 Å². The number of anilines is 1. The standard InChI is InChI=1S/C35H38N4O4/c1-34(2,3)43-33(41)38-17-14-26(19-35(38)15-16-35)39-22-24(20-36-39)18-25-10-13-30-31-28(25)6-5-7-29(31)32(40)37(30)21-23-8-11-27(42-4)12-9-23/h5-13,20,22,26H,14-19,21H2,1-4H3. The summed E-state index contributed by atoms with van der Waals surface area (Å²) in [4.78, 5) is 30.2. The molecule has 1 spiro atoms. The summed E-state index contributed by atoms with van der Waals surface area (Å²) in [6, 6.07) is 18.4. The third kappa shape index (κ3) is 5.02. The van der Waals surface area contributed by atoms with Gasteiger partial charge in [0.2, 0.25) is 0 Å². The maximum Gasteiger partial charge on any atom is 0.410 e. The van der Waals surface area contributed by atoms with E-state index in [4.69, 9.17) is 14.6 Å². The van der Waals surface area contributed by atoms with Crippen LogP contribution in [0, 0.1) is 0 Å². The van der Waals surface area contributed by atoms with E-state index < -0.39 is 5.60 Å². The van der Waals surface area contributed by atoms with E-state index in [1.165, 1.54) is 5.56 Å². The van der Waals surface area contributed by atoms with Gasteiger partial charge in [0, 0.05) is 35.7 Å². The number of amides is 2. The van der Waals surface area contributed by atoms with E-state index in [9.17, 15) is 9.59 Å². The number of carbonyl (C=O) groups is 2. The number of aromatic nitrogens is 2. The van der Waals surface area contributed by atoms with Crippen LogP contribution in [0.1, 0.15) is 79.5 Å². The van der Waals surface area contributed by atoms with Gasteiger partial charge in [0.15, 0.2) is 0 Å². The molecule has 3 aromatic carbocycles. The van der Waals surface area contributed by atoms with Crippen molar-refractivity contribution in [3.05, 3.63) is 89.2 Å². The molecule has 1 saturated heterocycles. The molecule has 222 valence electrons. The third-order valence-electron chi connectivity index (χ3n) is 9.11. The Bertz CT molecular complexity index is 1710. The summed E-state index contributed by atoms with van der Waals surface area (Å²) < 4.78 is 13.1. The smallest absolute Gasteiger partial charge is 0.410 e. The second kappa shape index (κ2) is 10.1. The Labute approximate surface area is 252 Å². The van der Waals surface area contributed by atoms with Gasteiger partial charge in [-0.15, -0.1) is 0 Å². The zero-order valence-corrected chi connectivity index (χ0v) is 25.3. The van der Waals surface area contributed by atoms with Crippen molar-refractivity contribution in [2.24, 2.45) is 0 Å². The second-order valence-corrected chi connectivity index (χ2v) is 13.2. The second-order valence-electron chi connectivity index (χ2n) is 13.2. The number of hydrogen-bond acceptors (Lipinski definition) is 5. The number of hydrogen-bond donors (Lipinski definition) is 0. The molecule has 7 rings (SSSR count). The first-order valence-corrected chi connectivity index (χ1v) is 15.2. The van der Waals surface area contributed by atoms with Crippen molar-refractivity contribution in [2.75, 3.05) is 18.6 Å². The summed E-state index contributed by atoms with van der Waals surface area (Å²) >= 11 is 0. The first-order valence-electron chi connectivity index (χ1n) is 15.2. The van der Waals surface area contributed by atoms with Gasteiger partial charge in [-0.25, -0.2) is 4.79 Å². The molecular formula is C35H38N4O4. The molecule has 1 atom stereocenters. The molecule has 8 heteroatoms. The average Bonchev–Trinajstić information content (AvgIpc) is 3.47. The van der Waals surface area contributed by atoms with Gasteiger partial charge in [-0.1, -0.05) is 30.3 Å². The summed E-state index contributed by atoms with van der Waals surface area (Å²) in [6.07, 6.45) is 8.46. The van der Waals surface area contributed by atoms with Crippen molar-refractivity contribution < 1.29 is 19.1 Å². The summed E-state index contributed by atoms with van der Waals surface area (Å²) in [5.41, 5.74) is 4.49. The van der Waals surface area contributed by atoms with Gasteiger partial charge in [0.1, 0.15) is 11.4 Å². The predicted molar refractivity (Wildman–Crippen MR) is 166 cm³/mol. The van der Waals surface area contributed by atoms with Crippen molar-refractivity contribution in [3.8, 4) is 5.75 Å². The fraction of sp³-hybridized carbons (Fsp3) is 0.400. The number of likely N-dealkylation sites (tertiary alicyclic amines) is 1. The van der Waals surface area contributed by atoms with E-state index in [1.54, 1.807) is 7.11 Å². The van der Waals surface area contributed by atoms with Crippen LogP contribution in [0.4, 0.5) is 10.5 Å². The van der Waals surface area contributed by atoms with Gasteiger partial charge in [0.25, 0.3) is 5.91 Å². The lowest BCUT2D eigenvalue weighted by Gasteiger charge is -2.40. The highest BCUT2D eigenvalue weighted by atomic mass is 16.6. The summed E-state index contributed by atoms with van der Waals surface area (Å²) in [5.74, 6) is 0.835. The molecule has 3 heterocycles. The van der Waals surface area contributed by atoms with Gasteiger partial charge in [-0.3, -0.25) is 9.48 Å². The molecule has 1 unspecified atom stereocenters. The largest absolute Gasteiger partial charge is 0.497 e. The number of ether oxygens (including phenoxy) is 2. The van der Waals surface area contributed by atoms with Crippen LogP contribution >= 0.6 is 0 Å². The summed E-state index contributed by atoms with van der Waals surface area (Å²) in [7, 11) is 1.65. The highest BCUT2D eigenvalue weighted by Gasteiger charge is 2.54. The monoisotopic (exact) mass is 578 g/mol. The van der Waals surface area contributed by atoms with Crippen molar-refractivity contribution >= 4 is 28.5 Å². The number of piperidine rings is 1. The van der Waals surface area contributed by atoms with Gasteiger partial charge >= 0.3 is 6.09 Å². The minimum absolute atomic E-state index is 0.0353. The highest BCUT2D eigenvalue weighted by Crippen LogP contribution is 2.51. The molecule has 0 radical (unpaired) electrons. The molecule has 2 amide bonds. The molecule has 1 saturated carbocycles. The minimum atomic E-state index is -0.494. The third-order valence-corrected chi connectivity index (χ3v) is 9.11. The van der Waals surface area contributed by atoms with Crippen LogP contribution in [0.3, 0.4) is 0 Å². The van der Waals surface area contributed by atoms with E-state index >= 15 is 0 Å². The summed E-state index contributed by atoms with van der Waals surface area (Å²) in [5, 5.41) is 6.91. The SMILES string of the molecule is COc1ccc(CN2C(=O)c3cccc4c(Cc5cnn(C6CCN(C(=O)OC(C)(C)C)C7(CC7)C6)c5)ccc2c34)cc1. The van der Waals surface area contributed by atoms with Crippen LogP contribution in [0.25, 0.3) is 10.8 Å². The van der Waals surface area contributed by atoms with Crippen LogP contribution in [0.2, 0.25) is 0 Å². The Balaban J connectivity index is 1.09. The van der Waals surface area contributed by atoms with E-state index in [2.05, 4.69) is 29.1 Å². The van der Waals surface area contributed by atoms with E-state index in [0.29, 0.717) is 13.1 Å². The maximum absolute atomic E-state index is 13.5. The molecule has 43 heavy (non-hydrogen) atoms. The number of methoxy groups -OCH3 is 1. The van der Waals surface area contributed by atoms with Crippen LogP contribution < -0.4 is 9.64 Å². The Morgan fingerprint density at radius 3 is 2.56 bits per heavy atom. The highest BCUT2D eigenvalue weighted by molar-refractivity contribution is 6.25. The lowest BCUT2D eigenvalue weighted by molar-refractivity contribution is -0.0000332. The van der Waals surface area contributed by atoms with Crippen molar-refractivity contribution in [1.29, 1.82) is 0 Å². The quantitative estimate of drug-likeness (QED) is 0.249. The molecule has 8 nitrogen and oxygen atoms in total. The van der Waals surface area contributed by atoms with Gasteiger partial charge < -0.3 is 19.3 Å². The average molecular weight is 579 g/mol. The Kier molecular flexibility index (Phi) is 6.49. The first-order chi connectivity index (χ1) is 20.6. The van der Waals surface area contributed by atoms with E-state index in [0.717, 1.165) is 71.0 Å². The number of benzene rings is 3. The Morgan fingerprint density at radius 1 is 1.05 bits per heavy atom. The molecule has 0 bridgehead atoms. The molecule has 4 aromatic rings. The van der Waals surface area contributed by atoms with E-state index in [-0.39, 0.29) is 23.6 Å². The lowest BCUT2D eigenvalue weighted by Crippen LogP contribution is -2.50. The van der Waals surface area contributed by atoms with Crippen LogP contribution in [-0.4, -0.2) is 51.5 Å². The fourth-order valence-corrected chi connectivity index (χ4v) is 6.83. The molecule has 1 aromatic heterocycles. The zero-order chi connectivity index (χ0) is 29.9. The predicted octanol–water partition coefficient (Wildman–Crippen LogP) is 6.90. The van der Waals surface area contributed by atoms with Gasteiger partial charge in [-0.2, -0.15) is 5.10 Å². The zero-order valence-electron chi connectivity index (χ0n) is 25.3. The number of rotatable bonds is 6. The normalized spacial score (nSPS) is 18.9. The first kappa shape index (κ1) is 27.5. The topological polar surface area (TPSA) is 76.9 Å². The molecule has 3 aliphatic rings. The van der Waals surface area contributed by atoms with E-state index in [1.807, 2.05) is 73.2 Å². The van der Waals surface area contributed by atoms with Gasteiger partial charge in [-0.05, 0) is 92.8 Å². The Morgan fingerprint density at radius 2 is 1.84 bits per heavy atom. The number of carbonyl (C=O) groups excluding carboxylic acids is 2. The molecule has 2 aliphatic heterocycles. The molecule has 1 aliphatic carbocycles. The molecule has 0 N–H and O–H groups in total. The van der Waals surface area contributed by atoms with Crippen molar-refractivity contribution in [2.45, 2.75) is 76.6 Å². The maximum atomic E-state index is 13.5. The van der Waals surface area contributed by atoms with Crippen molar-refractivity contribution in [1.82, 2.24) is 14.7 Å². The molecular weight excluding hydrogens is 540 g/mol. The molecule has 2 fully saturated rings.